The zero-order chi connectivity index (χ0) is 19.3. The number of carbonyl (C=O) groups is 1. The molecule has 0 bridgehead atoms. The summed E-state index contributed by atoms with van der Waals surface area (Å²) in [6.07, 6.45) is 0.131. The van der Waals surface area contributed by atoms with E-state index in [1.165, 1.54) is 23.5 Å². The standard InChI is InChI=1S/C19H20F3N3OS/c20-19(21,22)16-3-1-4-17(13-16)25-10-8-24(9-11-25)7-2-6-23-18(26)15-5-12-27-14-15/h1,3-5,8,10,12-14H,2,6-7,9,11H2,(H,23,26). The van der Waals surface area contributed by atoms with Gasteiger partial charge in [0.1, 0.15) is 0 Å². The van der Waals surface area contributed by atoms with E-state index in [9.17, 15) is 18.0 Å². The molecule has 144 valence electrons. The Labute approximate surface area is 159 Å². The lowest BCUT2D eigenvalue weighted by atomic mass is 10.1. The van der Waals surface area contributed by atoms with Crippen LogP contribution < -0.4 is 10.2 Å². The summed E-state index contributed by atoms with van der Waals surface area (Å²) in [6.45, 7) is 2.68. The van der Waals surface area contributed by atoms with Crippen LogP contribution in [0, 0.1) is 0 Å². The molecule has 1 aliphatic rings. The molecule has 1 aromatic heterocycles. The molecule has 0 radical (unpaired) electrons. The van der Waals surface area contributed by atoms with Gasteiger partial charge in [-0.25, -0.2) is 0 Å². The van der Waals surface area contributed by atoms with Crippen molar-refractivity contribution in [3.8, 4) is 0 Å². The second kappa shape index (κ2) is 8.47. The molecule has 2 heterocycles. The van der Waals surface area contributed by atoms with Crippen molar-refractivity contribution in [1.82, 2.24) is 10.2 Å². The predicted molar refractivity (Wildman–Crippen MR) is 101 cm³/mol. The Hall–Kier alpha value is -2.48. The Kier molecular flexibility index (Phi) is 6.05. The highest BCUT2D eigenvalue weighted by atomic mass is 32.1. The first-order valence-corrected chi connectivity index (χ1v) is 9.54. The summed E-state index contributed by atoms with van der Waals surface area (Å²) in [5, 5.41) is 6.55. The van der Waals surface area contributed by atoms with Crippen LogP contribution in [0.25, 0.3) is 0 Å². The molecule has 0 saturated heterocycles. The number of carbonyl (C=O) groups excluding carboxylic acids is 1. The number of thiophene rings is 1. The lowest BCUT2D eigenvalue weighted by Crippen LogP contribution is -2.36. The van der Waals surface area contributed by atoms with Crippen LogP contribution in [0.4, 0.5) is 18.9 Å². The highest BCUT2D eigenvalue weighted by Crippen LogP contribution is 2.32. The number of hydrogen-bond donors (Lipinski definition) is 1. The van der Waals surface area contributed by atoms with Crippen molar-refractivity contribution in [1.29, 1.82) is 0 Å². The van der Waals surface area contributed by atoms with Gasteiger partial charge in [-0.3, -0.25) is 4.79 Å². The normalized spacial score (nSPS) is 14.5. The smallest absolute Gasteiger partial charge is 0.374 e. The third-order valence-electron chi connectivity index (χ3n) is 4.28. The van der Waals surface area contributed by atoms with Crippen LogP contribution in [0.2, 0.25) is 0 Å². The Balaban J connectivity index is 1.45. The number of alkyl halides is 3. The van der Waals surface area contributed by atoms with Crippen LogP contribution in [0.5, 0.6) is 0 Å². The van der Waals surface area contributed by atoms with Gasteiger partial charge in [0.2, 0.25) is 0 Å². The van der Waals surface area contributed by atoms with E-state index in [0.717, 1.165) is 19.0 Å². The summed E-state index contributed by atoms with van der Waals surface area (Å²) in [6, 6.07) is 7.13. The Morgan fingerprint density at radius 3 is 2.70 bits per heavy atom. The van der Waals surface area contributed by atoms with Crippen molar-refractivity contribution in [3.05, 3.63) is 64.6 Å². The van der Waals surface area contributed by atoms with Gasteiger partial charge < -0.3 is 15.1 Å². The van der Waals surface area contributed by atoms with Gasteiger partial charge in [-0.1, -0.05) is 6.07 Å². The summed E-state index contributed by atoms with van der Waals surface area (Å²) in [4.78, 5) is 15.7. The molecule has 1 N–H and O–H groups in total. The van der Waals surface area contributed by atoms with Gasteiger partial charge in [0.25, 0.3) is 5.91 Å². The average molecular weight is 395 g/mol. The van der Waals surface area contributed by atoms with Crippen molar-refractivity contribution in [3.63, 3.8) is 0 Å². The van der Waals surface area contributed by atoms with Crippen LogP contribution >= 0.6 is 11.3 Å². The molecule has 0 unspecified atom stereocenters. The molecule has 2 aromatic rings. The Morgan fingerprint density at radius 2 is 2.04 bits per heavy atom. The second-order valence-electron chi connectivity index (χ2n) is 6.20. The third kappa shape index (κ3) is 5.26. The van der Waals surface area contributed by atoms with Crippen LogP contribution in [-0.2, 0) is 6.18 Å². The summed E-state index contributed by atoms with van der Waals surface area (Å²) >= 11 is 1.49. The average Bonchev–Trinajstić information content (AvgIpc) is 3.20. The molecule has 1 aliphatic heterocycles. The first kappa shape index (κ1) is 19.3. The number of nitrogens with one attached hydrogen (secondary N) is 1. The summed E-state index contributed by atoms with van der Waals surface area (Å²) in [7, 11) is 0. The van der Waals surface area contributed by atoms with Crippen LogP contribution in [-0.4, -0.2) is 37.0 Å². The van der Waals surface area contributed by atoms with E-state index in [4.69, 9.17) is 0 Å². The quantitative estimate of drug-likeness (QED) is 0.746. The minimum absolute atomic E-state index is 0.0684. The van der Waals surface area contributed by atoms with E-state index in [2.05, 4.69) is 10.2 Å². The van der Waals surface area contributed by atoms with Crippen molar-refractivity contribution < 1.29 is 18.0 Å². The molecular formula is C19H20F3N3OS. The van der Waals surface area contributed by atoms with E-state index < -0.39 is 11.7 Å². The topological polar surface area (TPSA) is 35.6 Å². The molecular weight excluding hydrogens is 375 g/mol. The van der Waals surface area contributed by atoms with Crippen LogP contribution in [0.15, 0.2) is 53.5 Å². The molecule has 0 aliphatic carbocycles. The van der Waals surface area contributed by atoms with Gasteiger partial charge >= 0.3 is 6.18 Å². The lowest BCUT2D eigenvalue weighted by Gasteiger charge is -2.31. The highest BCUT2D eigenvalue weighted by molar-refractivity contribution is 7.08. The molecule has 8 heteroatoms. The van der Waals surface area contributed by atoms with Gasteiger partial charge in [0.15, 0.2) is 0 Å². The Bertz CT molecular complexity index is 790. The molecule has 3 rings (SSSR count). The fraction of sp³-hybridized carbons (Fsp3) is 0.316. The number of halogens is 3. The summed E-state index contributed by atoms with van der Waals surface area (Å²) in [5.74, 6) is -0.0684. The molecule has 1 aromatic carbocycles. The first-order valence-electron chi connectivity index (χ1n) is 8.60. The number of amides is 1. The third-order valence-corrected chi connectivity index (χ3v) is 4.96. The molecule has 0 fully saturated rings. The van der Waals surface area contributed by atoms with Crippen molar-refractivity contribution in [2.24, 2.45) is 0 Å². The largest absolute Gasteiger partial charge is 0.416 e. The van der Waals surface area contributed by atoms with Crippen LogP contribution in [0.1, 0.15) is 22.3 Å². The van der Waals surface area contributed by atoms with Gasteiger partial charge in [-0.2, -0.15) is 24.5 Å². The first-order chi connectivity index (χ1) is 12.9. The minimum atomic E-state index is -4.34. The Morgan fingerprint density at radius 1 is 1.19 bits per heavy atom. The van der Waals surface area contributed by atoms with Crippen molar-refractivity contribution in [2.45, 2.75) is 12.6 Å². The van der Waals surface area contributed by atoms with Crippen LogP contribution in [0.3, 0.4) is 0 Å². The SMILES string of the molecule is O=C(NCCCN1C=CN(c2cccc(C(F)(F)F)c2)CC1)c1ccsc1. The van der Waals surface area contributed by atoms with Gasteiger partial charge in [0.05, 0.1) is 5.56 Å². The molecule has 1 amide bonds. The van der Waals surface area contributed by atoms with E-state index in [0.29, 0.717) is 30.9 Å². The van der Waals surface area contributed by atoms with E-state index in [-0.39, 0.29) is 5.91 Å². The molecule has 0 spiro atoms. The fourth-order valence-electron chi connectivity index (χ4n) is 2.80. The number of anilines is 1. The second-order valence-corrected chi connectivity index (χ2v) is 6.98. The maximum atomic E-state index is 12.8. The number of hydrogen-bond acceptors (Lipinski definition) is 4. The van der Waals surface area contributed by atoms with Gasteiger partial charge in [-0.05, 0) is 36.1 Å². The van der Waals surface area contributed by atoms with E-state index >= 15 is 0 Å². The molecule has 27 heavy (non-hydrogen) atoms. The molecule has 0 saturated carbocycles. The van der Waals surface area contributed by atoms with Gasteiger partial charge in [0, 0.05) is 55.2 Å². The van der Waals surface area contributed by atoms with E-state index in [1.54, 1.807) is 18.3 Å². The zero-order valence-corrected chi connectivity index (χ0v) is 15.4. The summed E-state index contributed by atoms with van der Waals surface area (Å²) < 4.78 is 38.5. The van der Waals surface area contributed by atoms with Gasteiger partial charge in [-0.15, -0.1) is 0 Å². The van der Waals surface area contributed by atoms with Crippen molar-refractivity contribution in [2.75, 3.05) is 31.1 Å². The minimum Gasteiger partial charge on any atom is -0.374 e. The number of rotatable bonds is 6. The molecule has 0 atom stereocenters. The fourth-order valence-corrected chi connectivity index (χ4v) is 3.44. The highest BCUT2D eigenvalue weighted by Gasteiger charge is 2.30. The predicted octanol–water partition coefficient (Wildman–Crippen LogP) is 4.18. The van der Waals surface area contributed by atoms with E-state index in [1.807, 2.05) is 21.9 Å². The maximum Gasteiger partial charge on any atom is 0.416 e. The molecule has 4 nitrogen and oxygen atoms in total. The monoisotopic (exact) mass is 395 g/mol. The number of nitrogens with zero attached hydrogens (tertiary/aromatic N) is 2. The van der Waals surface area contributed by atoms with Crippen molar-refractivity contribution >= 4 is 22.9 Å². The summed E-state index contributed by atoms with van der Waals surface area (Å²) in [5.41, 5.74) is 0.565. The lowest BCUT2D eigenvalue weighted by molar-refractivity contribution is -0.137. The number of benzene rings is 1. The maximum absolute atomic E-state index is 12.8. The zero-order valence-electron chi connectivity index (χ0n) is 14.6.